The van der Waals surface area contributed by atoms with E-state index in [9.17, 15) is 9.59 Å². The number of nitrogen functional groups attached to an aromatic ring is 1. The lowest BCUT2D eigenvalue weighted by atomic mass is 10.1. The number of anilines is 3. The fourth-order valence-electron chi connectivity index (χ4n) is 2.73. The molecular weight excluding hydrogens is 384 g/mol. The van der Waals surface area contributed by atoms with Crippen LogP contribution in [0.3, 0.4) is 0 Å². The molecule has 0 fully saturated rings. The lowest BCUT2D eigenvalue weighted by Crippen LogP contribution is -2.23. The van der Waals surface area contributed by atoms with Gasteiger partial charge in [-0.1, -0.05) is 24.3 Å². The molecule has 0 atom stereocenters. The third-order valence-corrected chi connectivity index (χ3v) is 4.22. The molecule has 1 aromatic carbocycles. The first-order chi connectivity index (χ1) is 14.5. The second kappa shape index (κ2) is 9.43. The highest BCUT2D eigenvalue weighted by Crippen LogP contribution is 2.23. The first-order valence-corrected chi connectivity index (χ1v) is 9.17. The molecule has 0 aliphatic rings. The van der Waals surface area contributed by atoms with E-state index >= 15 is 0 Å². The second-order valence-electron chi connectivity index (χ2n) is 6.42. The summed E-state index contributed by atoms with van der Waals surface area (Å²) in [6.45, 7) is 0.473. The molecule has 0 spiro atoms. The van der Waals surface area contributed by atoms with Crippen LogP contribution in [0.4, 0.5) is 17.2 Å². The number of benzene rings is 1. The van der Waals surface area contributed by atoms with Crippen LogP contribution >= 0.6 is 0 Å². The van der Waals surface area contributed by atoms with E-state index < -0.39 is 11.8 Å². The smallest absolute Gasteiger partial charge is 0.278 e. The van der Waals surface area contributed by atoms with Gasteiger partial charge in [0, 0.05) is 11.8 Å². The maximum Gasteiger partial charge on any atom is 0.278 e. The molecule has 0 bridgehead atoms. The van der Waals surface area contributed by atoms with Crippen LogP contribution in [-0.4, -0.2) is 39.9 Å². The minimum absolute atomic E-state index is 0.00784. The highest BCUT2D eigenvalue weighted by molar-refractivity contribution is 6.07. The Kier molecular flexibility index (Phi) is 6.50. The van der Waals surface area contributed by atoms with Gasteiger partial charge in [-0.2, -0.15) is 0 Å². The number of nitrogens with zero attached hydrogens (tertiary/aromatic N) is 3. The molecule has 2 heterocycles. The Morgan fingerprint density at radius 1 is 1.03 bits per heavy atom. The maximum atomic E-state index is 12.8. The number of primary amides is 1. The molecule has 0 radical (unpaired) electrons. The molecule has 2 amide bonds. The maximum absolute atomic E-state index is 12.8. The van der Waals surface area contributed by atoms with Crippen LogP contribution in [0.2, 0.25) is 0 Å². The van der Waals surface area contributed by atoms with Gasteiger partial charge in [0.15, 0.2) is 11.5 Å². The summed E-state index contributed by atoms with van der Waals surface area (Å²) in [7, 11) is 0. The van der Waals surface area contributed by atoms with Crippen molar-refractivity contribution in [2.75, 3.05) is 29.5 Å². The Morgan fingerprint density at radius 2 is 1.80 bits per heavy atom. The van der Waals surface area contributed by atoms with Gasteiger partial charge in [0.05, 0.1) is 36.0 Å². The SMILES string of the molecule is NCCc1ccc(-c2cnc(N)c(C(=O)Nc3cnccc3NCC(N)=O)n2)cc1. The minimum Gasteiger partial charge on any atom is -0.382 e. The van der Waals surface area contributed by atoms with Crippen molar-refractivity contribution >= 4 is 29.0 Å². The highest BCUT2D eigenvalue weighted by atomic mass is 16.2. The summed E-state index contributed by atoms with van der Waals surface area (Å²) >= 11 is 0. The summed E-state index contributed by atoms with van der Waals surface area (Å²) in [5.74, 6) is -1.10. The van der Waals surface area contributed by atoms with Gasteiger partial charge in [0.25, 0.3) is 5.91 Å². The Bertz CT molecular complexity index is 1050. The van der Waals surface area contributed by atoms with Gasteiger partial charge in [-0.3, -0.25) is 14.6 Å². The van der Waals surface area contributed by atoms with E-state index in [2.05, 4.69) is 25.6 Å². The molecule has 0 saturated heterocycles. The van der Waals surface area contributed by atoms with E-state index in [1.807, 2.05) is 24.3 Å². The standard InChI is InChI=1S/C20H22N8O2/c21-7-5-12-1-3-13(4-2-12)15-10-26-19(23)18(27-15)20(30)28-16-9-24-8-6-14(16)25-11-17(22)29/h1-4,6,8-10H,5,7,11,21H2,(H2,22,29)(H2,23,26)(H,24,25)(H,28,30). The Labute approximate surface area is 172 Å². The van der Waals surface area contributed by atoms with Crippen LogP contribution in [0.5, 0.6) is 0 Å². The average Bonchev–Trinajstić information content (AvgIpc) is 2.74. The molecule has 10 heteroatoms. The van der Waals surface area contributed by atoms with Crippen molar-refractivity contribution in [1.29, 1.82) is 0 Å². The zero-order chi connectivity index (χ0) is 21.5. The number of carbonyl (C=O) groups is 2. The number of aromatic nitrogens is 3. The topological polar surface area (TPSA) is 175 Å². The summed E-state index contributed by atoms with van der Waals surface area (Å²) in [5, 5.41) is 5.51. The molecule has 0 aliphatic heterocycles. The fourth-order valence-corrected chi connectivity index (χ4v) is 2.73. The predicted molar refractivity (Wildman–Crippen MR) is 115 cm³/mol. The number of carbonyl (C=O) groups excluding carboxylic acids is 2. The van der Waals surface area contributed by atoms with Crippen LogP contribution in [0, 0.1) is 0 Å². The van der Waals surface area contributed by atoms with Gasteiger partial charge < -0.3 is 27.8 Å². The summed E-state index contributed by atoms with van der Waals surface area (Å²) in [6.07, 6.45) is 5.24. The Hall–Kier alpha value is -4.05. The van der Waals surface area contributed by atoms with Gasteiger partial charge in [-0.25, -0.2) is 9.97 Å². The van der Waals surface area contributed by atoms with Crippen molar-refractivity contribution in [3.05, 3.63) is 60.2 Å². The van der Waals surface area contributed by atoms with Crippen molar-refractivity contribution in [3.8, 4) is 11.3 Å². The summed E-state index contributed by atoms with van der Waals surface area (Å²) in [4.78, 5) is 36.3. The molecule has 2 aromatic heterocycles. The van der Waals surface area contributed by atoms with Gasteiger partial charge >= 0.3 is 0 Å². The molecular formula is C20H22N8O2. The first kappa shape index (κ1) is 20.7. The molecule has 0 saturated carbocycles. The molecule has 154 valence electrons. The number of hydrogen-bond donors (Lipinski definition) is 5. The minimum atomic E-state index is -0.559. The number of rotatable bonds is 8. The quantitative estimate of drug-likeness (QED) is 0.364. The zero-order valence-corrected chi connectivity index (χ0v) is 16.1. The van der Waals surface area contributed by atoms with Crippen LogP contribution < -0.4 is 27.8 Å². The average molecular weight is 406 g/mol. The number of nitrogens with one attached hydrogen (secondary N) is 2. The van der Waals surface area contributed by atoms with Crippen molar-refractivity contribution < 1.29 is 9.59 Å². The van der Waals surface area contributed by atoms with E-state index in [1.165, 1.54) is 18.6 Å². The Balaban J connectivity index is 1.83. The van der Waals surface area contributed by atoms with Gasteiger partial charge in [0.2, 0.25) is 5.91 Å². The normalized spacial score (nSPS) is 10.4. The molecule has 10 nitrogen and oxygen atoms in total. The lowest BCUT2D eigenvalue weighted by molar-refractivity contribution is -0.116. The van der Waals surface area contributed by atoms with Gasteiger partial charge in [-0.05, 0) is 24.6 Å². The van der Waals surface area contributed by atoms with Gasteiger partial charge in [0.1, 0.15) is 0 Å². The van der Waals surface area contributed by atoms with Crippen LogP contribution in [0.25, 0.3) is 11.3 Å². The third kappa shape index (κ3) is 5.06. The highest BCUT2D eigenvalue weighted by Gasteiger charge is 2.17. The van der Waals surface area contributed by atoms with E-state index in [-0.39, 0.29) is 18.1 Å². The predicted octanol–water partition coefficient (Wildman–Crippen LogP) is 0.771. The molecule has 3 rings (SSSR count). The van der Waals surface area contributed by atoms with Crippen LogP contribution in [-0.2, 0) is 11.2 Å². The largest absolute Gasteiger partial charge is 0.382 e. The molecule has 3 aromatic rings. The number of hydrogen-bond acceptors (Lipinski definition) is 8. The van der Waals surface area contributed by atoms with Crippen molar-refractivity contribution in [1.82, 2.24) is 15.0 Å². The molecule has 30 heavy (non-hydrogen) atoms. The monoisotopic (exact) mass is 406 g/mol. The molecule has 0 unspecified atom stereocenters. The zero-order valence-electron chi connectivity index (χ0n) is 16.1. The van der Waals surface area contributed by atoms with Crippen molar-refractivity contribution in [3.63, 3.8) is 0 Å². The lowest BCUT2D eigenvalue weighted by Gasteiger charge is -2.12. The summed E-state index contributed by atoms with van der Waals surface area (Å²) in [6, 6.07) is 9.28. The van der Waals surface area contributed by atoms with Crippen LogP contribution in [0.15, 0.2) is 48.9 Å². The Morgan fingerprint density at radius 3 is 2.50 bits per heavy atom. The van der Waals surface area contributed by atoms with E-state index in [0.29, 0.717) is 23.6 Å². The molecule has 0 aliphatic carbocycles. The van der Waals surface area contributed by atoms with Crippen molar-refractivity contribution in [2.24, 2.45) is 11.5 Å². The van der Waals surface area contributed by atoms with Gasteiger partial charge in [-0.15, -0.1) is 0 Å². The van der Waals surface area contributed by atoms with Crippen LogP contribution in [0.1, 0.15) is 16.1 Å². The van der Waals surface area contributed by atoms with E-state index in [1.54, 1.807) is 6.07 Å². The number of nitrogens with two attached hydrogens (primary N) is 3. The summed E-state index contributed by atoms with van der Waals surface area (Å²) < 4.78 is 0. The van der Waals surface area contributed by atoms with E-state index in [4.69, 9.17) is 17.2 Å². The summed E-state index contributed by atoms with van der Waals surface area (Å²) in [5.41, 5.74) is 19.8. The third-order valence-electron chi connectivity index (χ3n) is 4.22. The number of pyridine rings is 1. The number of amides is 2. The first-order valence-electron chi connectivity index (χ1n) is 9.17. The van der Waals surface area contributed by atoms with E-state index in [0.717, 1.165) is 17.5 Å². The van der Waals surface area contributed by atoms with Crippen molar-refractivity contribution in [2.45, 2.75) is 6.42 Å². The molecule has 8 N–H and O–H groups in total. The second-order valence-corrected chi connectivity index (χ2v) is 6.42. The fraction of sp³-hybridized carbons (Fsp3) is 0.150.